The van der Waals surface area contributed by atoms with E-state index in [1.807, 2.05) is 0 Å². The molecule has 0 aliphatic rings. The van der Waals surface area contributed by atoms with Crippen LogP contribution in [0.25, 0.3) is 0 Å². The number of ether oxygens (including phenoxy) is 6. The molecule has 0 aromatic rings. The van der Waals surface area contributed by atoms with Gasteiger partial charge in [0, 0.05) is 45.3 Å². The number of alkyl carbamates (subject to hydrolysis) is 2. The van der Waals surface area contributed by atoms with Crippen LogP contribution in [0, 0.1) is 0 Å². The van der Waals surface area contributed by atoms with Crippen LogP contribution in [0.1, 0.15) is 104 Å². The van der Waals surface area contributed by atoms with E-state index in [1.165, 1.54) is 4.90 Å². The lowest BCUT2D eigenvalue weighted by Gasteiger charge is -2.30. The summed E-state index contributed by atoms with van der Waals surface area (Å²) < 4.78 is 29.5. The fraction of sp³-hybridized carbons (Fsp3) is 0.857. The topological polar surface area (TPSA) is 273 Å². The van der Waals surface area contributed by atoms with E-state index in [0.717, 1.165) is 6.54 Å². The minimum Gasteiger partial charge on any atom is -0.444 e. The van der Waals surface area contributed by atoms with Crippen molar-refractivity contribution < 1.29 is 62.6 Å². The van der Waals surface area contributed by atoms with Crippen LogP contribution >= 0.6 is 37.2 Å². The molecule has 0 bridgehead atoms. The van der Waals surface area contributed by atoms with Gasteiger partial charge in [0.2, 0.25) is 0 Å². The van der Waals surface area contributed by atoms with Gasteiger partial charge in [-0.25, -0.2) is 24.0 Å². The highest BCUT2D eigenvalue weighted by Crippen LogP contribution is 2.13. The largest absolute Gasteiger partial charge is 0.519 e. The molecule has 0 fully saturated rings. The molecule has 19 nitrogen and oxygen atoms in total. The Kier molecular flexibility index (Phi) is 36.1. The molecule has 22 heteroatoms. The summed E-state index contributed by atoms with van der Waals surface area (Å²) in [5.41, 5.74) is 7.08. The number of halogens is 3. The van der Waals surface area contributed by atoms with E-state index in [1.54, 1.807) is 104 Å². The Labute approximate surface area is 358 Å². The van der Waals surface area contributed by atoms with Gasteiger partial charge >= 0.3 is 30.6 Å². The van der Waals surface area contributed by atoms with E-state index >= 15 is 0 Å². The molecule has 0 aromatic heterocycles. The molecule has 0 saturated heterocycles. The number of aliphatic hydroxyl groups excluding tert-OH is 2. The van der Waals surface area contributed by atoms with Gasteiger partial charge in [0.05, 0.1) is 19.3 Å². The second kappa shape index (κ2) is 31.2. The standard InChI is InChI=1S/C20H39N3O7.C10H18O5.C5H15N3O.3ClH/c1-18(2,3)28-15(25)21-10-11-23(17(27)30-20(7,8)9)12-14(13-24)22-16(26)29-19(4,5)6;1-9(2,3)14-7(11)13-8(12)15-10(4,5)6;6-1-2-8-3-5(7)4-9;;;/h14,24H,10-13H2,1-9H3,(H,21,25)(H,22,26);1-6H3;5,8-9H,1-4,6-7H2;3*1H. The molecule has 0 rings (SSSR count). The highest BCUT2D eigenvalue weighted by Gasteiger charge is 2.27. The second-order valence-electron chi connectivity index (χ2n) is 16.8. The molecule has 0 radical (unpaired) electrons. The smallest absolute Gasteiger partial charge is 0.444 e. The number of aliphatic hydroxyl groups is 2. The lowest BCUT2D eigenvalue weighted by molar-refractivity contribution is -0.0294. The average Bonchev–Trinajstić information content (AvgIpc) is 2.91. The number of hydrogen-bond acceptors (Lipinski definition) is 16. The summed E-state index contributed by atoms with van der Waals surface area (Å²) in [7, 11) is 0. The van der Waals surface area contributed by atoms with Gasteiger partial charge in [-0.2, -0.15) is 0 Å². The molecule has 0 heterocycles. The predicted octanol–water partition coefficient (Wildman–Crippen LogP) is 4.63. The number of nitrogens with one attached hydrogen (secondary N) is 3. The Balaban J connectivity index is -0.000000201. The van der Waals surface area contributed by atoms with E-state index < -0.39 is 71.2 Å². The first-order valence-electron chi connectivity index (χ1n) is 17.7. The molecular formula is C35H75Cl3N6O13. The van der Waals surface area contributed by atoms with E-state index in [2.05, 4.69) is 20.7 Å². The van der Waals surface area contributed by atoms with Crippen LogP contribution < -0.4 is 27.4 Å². The van der Waals surface area contributed by atoms with Crippen LogP contribution in [-0.2, 0) is 28.4 Å². The molecule has 57 heavy (non-hydrogen) atoms. The summed E-state index contributed by atoms with van der Waals surface area (Å²) in [6.45, 7) is 27.3. The fourth-order valence-electron chi connectivity index (χ4n) is 3.14. The minimum atomic E-state index is -1.06. The monoisotopic (exact) mass is 892 g/mol. The Hall–Kier alpha value is -2.78. The molecule has 0 aliphatic carbocycles. The van der Waals surface area contributed by atoms with Gasteiger partial charge in [-0.1, -0.05) is 0 Å². The second-order valence-corrected chi connectivity index (χ2v) is 16.8. The number of nitrogens with two attached hydrogens (primary N) is 2. The molecular weight excluding hydrogens is 819 g/mol. The highest BCUT2D eigenvalue weighted by molar-refractivity contribution is 5.86. The van der Waals surface area contributed by atoms with Gasteiger partial charge in [-0.15, -0.1) is 37.2 Å². The van der Waals surface area contributed by atoms with Gasteiger partial charge < -0.3 is 71.0 Å². The third-order valence-corrected chi connectivity index (χ3v) is 4.99. The minimum absolute atomic E-state index is 0. The van der Waals surface area contributed by atoms with Gasteiger partial charge in [0.1, 0.15) is 28.0 Å². The zero-order valence-corrected chi connectivity index (χ0v) is 39.0. The maximum atomic E-state index is 12.6. The molecule has 2 atom stereocenters. The summed E-state index contributed by atoms with van der Waals surface area (Å²) in [6.07, 6.45) is -4.08. The number of nitrogens with zero attached hydrogens (tertiary/aromatic N) is 1. The van der Waals surface area contributed by atoms with Crippen molar-refractivity contribution >= 4 is 67.8 Å². The van der Waals surface area contributed by atoms with Crippen molar-refractivity contribution in [2.75, 3.05) is 52.5 Å². The van der Waals surface area contributed by atoms with Crippen molar-refractivity contribution in [1.29, 1.82) is 0 Å². The highest BCUT2D eigenvalue weighted by atomic mass is 35.5. The molecule has 0 aliphatic heterocycles. The van der Waals surface area contributed by atoms with Crippen molar-refractivity contribution in [3.05, 3.63) is 0 Å². The van der Waals surface area contributed by atoms with Crippen LogP contribution in [0.3, 0.4) is 0 Å². The Morgan fingerprint density at radius 2 is 1.02 bits per heavy atom. The molecule has 0 spiro atoms. The van der Waals surface area contributed by atoms with E-state index in [4.69, 9.17) is 40.3 Å². The van der Waals surface area contributed by atoms with Gasteiger partial charge in [-0.05, 0) is 104 Å². The Morgan fingerprint density at radius 3 is 1.37 bits per heavy atom. The van der Waals surface area contributed by atoms with Crippen molar-refractivity contribution in [2.24, 2.45) is 11.5 Å². The lowest BCUT2D eigenvalue weighted by atomic mass is 10.2. The molecule has 344 valence electrons. The molecule has 2 unspecified atom stereocenters. The summed E-state index contributed by atoms with van der Waals surface area (Å²) in [5, 5.41) is 26.1. The van der Waals surface area contributed by atoms with Crippen molar-refractivity contribution in [3.63, 3.8) is 0 Å². The zero-order valence-electron chi connectivity index (χ0n) is 36.5. The van der Waals surface area contributed by atoms with E-state index in [-0.39, 0.29) is 69.5 Å². The normalized spacial score (nSPS) is 12.2. The number of hydrogen-bond donors (Lipinski definition) is 7. The first kappa shape index (κ1) is 66.0. The Morgan fingerprint density at radius 1 is 0.614 bits per heavy atom. The quantitative estimate of drug-likeness (QED) is 0.0609. The third-order valence-electron chi connectivity index (χ3n) is 4.99. The van der Waals surface area contributed by atoms with Crippen molar-refractivity contribution in [1.82, 2.24) is 20.9 Å². The summed E-state index contributed by atoms with van der Waals surface area (Å²) in [4.78, 5) is 59.7. The maximum Gasteiger partial charge on any atom is 0.519 e. The van der Waals surface area contributed by atoms with Crippen LogP contribution in [0.4, 0.5) is 24.0 Å². The van der Waals surface area contributed by atoms with Crippen LogP contribution in [0.15, 0.2) is 0 Å². The third kappa shape index (κ3) is 49.3. The van der Waals surface area contributed by atoms with Crippen LogP contribution in [0.5, 0.6) is 0 Å². The van der Waals surface area contributed by atoms with Crippen LogP contribution in [0.2, 0.25) is 0 Å². The fourth-order valence-corrected chi connectivity index (χ4v) is 3.14. The maximum absolute atomic E-state index is 12.6. The van der Waals surface area contributed by atoms with Gasteiger partial charge in [-0.3, -0.25) is 0 Å². The zero-order chi connectivity index (χ0) is 43.1. The number of amides is 3. The number of rotatable bonds is 12. The Bertz CT molecular complexity index is 1100. The first-order valence-corrected chi connectivity index (χ1v) is 17.7. The van der Waals surface area contributed by atoms with E-state index in [0.29, 0.717) is 13.1 Å². The van der Waals surface area contributed by atoms with E-state index in [9.17, 15) is 29.1 Å². The summed E-state index contributed by atoms with van der Waals surface area (Å²) in [5.74, 6) is 0. The van der Waals surface area contributed by atoms with Crippen molar-refractivity contribution in [3.8, 4) is 0 Å². The summed E-state index contributed by atoms with van der Waals surface area (Å²) in [6, 6.07) is -0.939. The van der Waals surface area contributed by atoms with Crippen LogP contribution in [-0.4, -0.2) is 138 Å². The molecule has 3 amide bonds. The SMILES string of the molecule is CC(C)(C)OC(=O)NCCN(CC(CO)NC(=O)OC(C)(C)C)C(=O)OC(C)(C)C.CC(C)(C)OC(=O)OC(=O)OC(C)(C)C.Cl.Cl.Cl.NCCNCC(N)CO. The lowest BCUT2D eigenvalue weighted by Crippen LogP contribution is -2.51. The predicted molar refractivity (Wildman–Crippen MR) is 225 cm³/mol. The summed E-state index contributed by atoms with van der Waals surface area (Å²) >= 11 is 0. The number of carbonyl (C=O) groups is 5. The van der Waals surface area contributed by atoms with Crippen molar-refractivity contribution in [2.45, 2.75) is 144 Å². The number of carbonyl (C=O) groups excluding carboxylic acids is 5. The first-order chi connectivity index (χ1) is 24.2. The molecule has 9 N–H and O–H groups in total. The van der Waals surface area contributed by atoms with Gasteiger partial charge in [0.15, 0.2) is 0 Å². The van der Waals surface area contributed by atoms with Gasteiger partial charge in [0.25, 0.3) is 0 Å². The average molecular weight is 894 g/mol. The molecule has 0 aromatic carbocycles. The molecule has 0 saturated carbocycles.